The van der Waals surface area contributed by atoms with Gasteiger partial charge in [-0.3, -0.25) is 4.79 Å². The Morgan fingerprint density at radius 1 is 1.19 bits per heavy atom. The third-order valence-electron chi connectivity index (χ3n) is 5.87. The first-order valence-electron chi connectivity index (χ1n) is 11.2. The number of nitrogens with zero attached hydrogens (tertiary/aromatic N) is 3. The molecule has 0 spiro atoms. The van der Waals surface area contributed by atoms with Gasteiger partial charge in [0.05, 0.1) is 11.0 Å². The summed E-state index contributed by atoms with van der Waals surface area (Å²) in [6, 6.07) is 14.4. The largest absolute Gasteiger partial charge is 0.381 e. The standard InChI is InChI=1S/C25H32N4O2S/c1-25(2,3)24-27-22-15-20(28(4)32-21-8-5-19(6-9-21)26-17-30)7-10-23(22)29(24)16-18-11-13-31-14-12-18/h5-10,15,17-18H,11-14,16H2,1-4H3,(H,26,30). The molecule has 0 saturated carbocycles. The number of amides is 1. The van der Waals surface area contributed by atoms with Crippen molar-refractivity contribution >= 4 is 40.8 Å². The number of ether oxygens (including phenoxy) is 1. The average molecular weight is 453 g/mol. The number of hydrogen-bond acceptors (Lipinski definition) is 5. The Bertz CT molecular complexity index is 1070. The fourth-order valence-electron chi connectivity index (χ4n) is 4.15. The molecule has 170 valence electrons. The van der Waals surface area contributed by atoms with Crippen molar-refractivity contribution in [3.05, 3.63) is 48.3 Å². The highest BCUT2D eigenvalue weighted by atomic mass is 32.2. The minimum atomic E-state index is -0.0255. The summed E-state index contributed by atoms with van der Waals surface area (Å²) in [5.41, 5.74) is 4.11. The number of carbonyl (C=O) groups is 1. The number of anilines is 2. The van der Waals surface area contributed by atoms with E-state index in [-0.39, 0.29) is 5.41 Å². The predicted molar refractivity (Wildman–Crippen MR) is 132 cm³/mol. The van der Waals surface area contributed by atoms with Gasteiger partial charge in [-0.2, -0.15) is 0 Å². The number of hydrogen-bond donors (Lipinski definition) is 1. The van der Waals surface area contributed by atoms with Gasteiger partial charge in [0.1, 0.15) is 5.82 Å². The van der Waals surface area contributed by atoms with E-state index in [4.69, 9.17) is 9.72 Å². The van der Waals surface area contributed by atoms with Crippen LogP contribution in [-0.2, 0) is 21.5 Å². The van der Waals surface area contributed by atoms with Gasteiger partial charge in [0.2, 0.25) is 6.41 Å². The van der Waals surface area contributed by atoms with Gasteiger partial charge in [0.15, 0.2) is 0 Å². The first-order chi connectivity index (χ1) is 15.3. The molecule has 1 aromatic heterocycles. The van der Waals surface area contributed by atoms with Crippen molar-refractivity contribution in [3.63, 3.8) is 0 Å². The van der Waals surface area contributed by atoms with Crippen LogP contribution in [0.25, 0.3) is 11.0 Å². The molecule has 6 nitrogen and oxygen atoms in total. The Morgan fingerprint density at radius 2 is 1.91 bits per heavy atom. The van der Waals surface area contributed by atoms with Crippen molar-refractivity contribution in [2.45, 2.75) is 50.5 Å². The molecule has 2 aromatic carbocycles. The number of fused-ring (bicyclic) bond motifs is 1. The van der Waals surface area contributed by atoms with Crippen LogP contribution in [0.4, 0.5) is 11.4 Å². The molecule has 1 aliphatic rings. The summed E-state index contributed by atoms with van der Waals surface area (Å²) in [4.78, 5) is 16.8. The van der Waals surface area contributed by atoms with Crippen LogP contribution in [0.15, 0.2) is 47.4 Å². The van der Waals surface area contributed by atoms with Crippen LogP contribution >= 0.6 is 11.9 Å². The average Bonchev–Trinajstić information content (AvgIpc) is 3.14. The molecule has 4 rings (SSSR count). The second-order valence-corrected chi connectivity index (χ2v) is 10.6. The number of imidazole rings is 1. The van der Waals surface area contributed by atoms with Crippen molar-refractivity contribution in [2.75, 3.05) is 29.9 Å². The third kappa shape index (κ3) is 5.10. The molecule has 1 fully saturated rings. The summed E-state index contributed by atoms with van der Waals surface area (Å²) in [5.74, 6) is 1.78. The van der Waals surface area contributed by atoms with Crippen molar-refractivity contribution in [3.8, 4) is 0 Å². The van der Waals surface area contributed by atoms with E-state index in [1.165, 1.54) is 5.52 Å². The SMILES string of the molecule is CN(Sc1ccc(NC=O)cc1)c1ccc2c(c1)nc(C(C)(C)C)n2CC1CCOCC1. The number of aromatic nitrogens is 2. The first kappa shape index (κ1) is 22.7. The summed E-state index contributed by atoms with van der Waals surface area (Å²) >= 11 is 1.65. The van der Waals surface area contributed by atoms with E-state index in [2.05, 4.69) is 60.2 Å². The number of benzene rings is 2. The monoisotopic (exact) mass is 452 g/mol. The zero-order valence-corrected chi connectivity index (χ0v) is 20.1. The summed E-state index contributed by atoms with van der Waals surface area (Å²) < 4.78 is 10.1. The molecule has 1 saturated heterocycles. The topological polar surface area (TPSA) is 59.4 Å². The molecule has 0 aliphatic carbocycles. The van der Waals surface area contributed by atoms with Gasteiger partial charge >= 0.3 is 0 Å². The molecule has 2 heterocycles. The van der Waals surface area contributed by atoms with E-state index in [9.17, 15) is 4.79 Å². The molecule has 0 atom stereocenters. The molecule has 7 heteroatoms. The smallest absolute Gasteiger partial charge is 0.211 e. The van der Waals surface area contributed by atoms with Gasteiger partial charge in [0, 0.05) is 48.5 Å². The van der Waals surface area contributed by atoms with Crippen molar-refractivity contribution < 1.29 is 9.53 Å². The maximum absolute atomic E-state index is 10.6. The van der Waals surface area contributed by atoms with Gasteiger partial charge in [-0.15, -0.1) is 0 Å². The molecule has 32 heavy (non-hydrogen) atoms. The van der Waals surface area contributed by atoms with Crippen LogP contribution in [0.1, 0.15) is 39.4 Å². The van der Waals surface area contributed by atoms with E-state index in [1.807, 2.05) is 24.3 Å². The van der Waals surface area contributed by atoms with Crippen LogP contribution < -0.4 is 9.62 Å². The van der Waals surface area contributed by atoms with Gasteiger partial charge in [-0.25, -0.2) is 4.98 Å². The van der Waals surface area contributed by atoms with Crippen LogP contribution in [0.5, 0.6) is 0 Å². The summed E-state index contributed by atoms with van der Waals surface area (Å²) in [5, 5.41) is 2.67. The van der Waals surface area contributed by atoms with Crippen LogP contribution in [0, 0.1) is 5.92 Å². The second-order valence-electron chi connectivity index (χ2n) is 9.40. The highest BCUT2D eigenvalue weighted by molar-refractivity contribution is 8.00. The minimum Gasteiger partial charge on any atom is -0.381 e. The van der Waals surface area contributed by atoms with Crippen molar-refractivity contribution in [1.82, 2.24) is 9.55 Å². The van der Waals surface area contributed by atoms with Gasteiger partial charge in [-0.1, -0.05) is 20.8 Å². The maximum atomic E-state index is 10.6. The molecule has 3 aromatic rings. The molecular formula is C25H32N4O2S. The summed E-state index contributed by atoms with van der Waals surface area (Å²) in [6.45, 7) is 9.43. The Morgan fingerprint density at radius 3 is 2.56 bits per heavy atom. The second kappa shape index (κ2) is 9.55. The van der Waals surface area contributed by atoms with Gasteiger partial charge in [0.25, 0.3) is 0 Å². The minimum absolute atomic E-state index is 0.0255. The van der Waals surface area contributed by atoms with E-state index in [0.29, 0.717) is 12.3 Å². The number of rotatable bonds is 7. The fraction of sp³-hybridized carbons (Fsp3) is 0.440. The highest BCUT2D eigenvalue weighted by Gasteiger charge is 2.25. The van der Waals surface area contributed by atoms with Crippen molar-refractivity contribution in [1.29, 1.82) is 0 Å². The molecule has 1 amide bonds. The Labute approximate surface area is 194 Å². The molecule has 0 bridgehead atoms. The van der Waals surface area contributed by atoms with Crippen LogP contribution in [0.3, 0.4) is 0 Å². The predicted octanol–water partition coefficient (Wildman–Crippen LogP) is 5.47. The zero-order valence-electron chi connectivity index (χ0n) is 19.3. The molecular weight excluding hydrogens is 420 g/mol. The van der Waals surface area contributed by atoms with Gasteiger partial charge < -0.3 is 18.9 Å². The zero-order chi connectivity index (χ0) is 22.7. The highest BCUT2D eigenvalue weighted by Crippen LogP contribution is 2.33. The normalized spacial score (nSPS) is 15.1. The quantitative estimate of drug-likeness (QED) is 0.380. The lowest BCUT2D eigenvalue weighted by Gasteiger charge is -2.26. The molecule has 1 aliphatic heterocycles. The molecule has 1 N–H and O–H groups in total. The number of carbonyl (C=O) groups excluding carboxylic acids is 1. The Hall–Kier alpha value is -2.51. The lowest BCUT2D eigenvalue weighted by molar-refractivity contribution is -0.105. The Kier molecular flexibility index (Phi) is 6.76. The maximum Gasteiger partial charge on any atom is 0.211 e. The third-order valence-corrected chi connectivity index (χ3v) is 6.84. The summed E-state index contributed by atoms with van der Waals surface area (Å²) in [7, 11) is 2.06. The van der Waals surface area contributed by atoms with E-state index in [0.717, 1.165) is 60.2 Å². The number of nitrogens with one attached hydrogen (secondary N) is 1. The lowest BCUT2D eigenvalue weighted by Crippen LogP contribution is -2.25. The van der Waals surface area contributed by atoms with E-state index >= 15 is 0 Å². The lowest BCUT2D eigenvalue weighted by atomic mass is 9.94. The van der Waals surface area contributed by atoms with Gasteiger partial charge in [-0.05, 0) is 73.2 Å². The molecule has 0 radical (unpaired) electrons. The first-order valence-corrected chi connectivity index (χ1v) is 11.9. The Balaban J connectivity index is 1.59. The van der Waals surface area contributed by atoms with E-state index in [1.54, 1.807) is 11.9 Å². The van der Waals surface area contributed by atoms with Crippen LogP contribution in [-0.4, -0.2) is 36.2 Å². The fourth-order valence-corrected chi connectivity index (χ4v) is 4.94. The van der Waals surface area contributed by atoms with Crippen molar-refractivity contribution in [2.24, 2.45) is 5.92 Å². The van der Waals surface area contributed by atoms with Crippen LogP contribution in [0.2, 0.25) is 0 Å². The summed E-state index contributed by atoms with van der Waals surface area (Å²) in [6.07, 6.45) is 2.92. The van der Waals surface area contributed by atoms with E-state index < -0.39 is 0 Å². The molecule has 0 unspecified atom stereocenters.